The van der Waals surface area contributed by atoms with Gasteiger partial charge < -0.3 is 4.42 Å². The number of allylic oxidation sites excluding steroid dienone is 4. The second-order valence-corrected chi connectivity index (χ2v) is 7.36. The highest BCUT2D eigenvalue weighted by atomic mass is 35.5. The molecule has 0 aliphatic carbocycles. The third-order valence-electron chi connectivity index (χ3n) is 4.90. The van der Waals surface area contributed by atoms with Gasteiger partial charge in [0.15, 0.2) is 5.58 Å². The van der Waals surface area contributed by atoms with Gasteiger partial charge in [-0.3, -0.25) is 5.43 Å². The summed E-state index contributed by atoms with van der Waals surface area (Å²) in [5, 5.41) is 7.41. The number of halogens is 1. The number of rotatable bonds is 6. The van der Waals surface area contributed by atoms with Crippen molar-refractivity contribution in [2.24, 2.45) is 5.10 Å². The van der Waals surface area contributed by atoms with Crippen molar-refractivity contribution in [2.75, 3.05) is 5.43 Å². The molecule has 1 aromatic heterocycles. The zero-order valence-corrected chi connectivity index (χ0v) is 17.8. The quantitative estimate of drug-likeness (QED) is 0.197. The first kappa shape index (κ1) is 20.0. The van der Waals surface area contributed by atoms with Crippen LogP contribution in [0.1, 0.15) is 25.8 Å². The summed E-state index contributed by atoms with van der Waals surface area (Å²) in [6.07, 6.45) is 7.25. The van der Waals surface area contributed by atoms with Gasteiger partial charge in [-0.05, 0) is 37.1 Å². The summed E-state index contributed by atoms with van der Waals surface area (Å²) < 4.78 is 6.11. The van der Waals surface area contributed by atoms with Crippen molar-refractivity contribution in [3.05, 3.63) is 101 Å². The molecule has 0 unspecified atom stereocenters. The van der Waals surface area contributed by atoms with E-state index >= 15 is 0 Å². The lowest BCUT2D eigenvalue weighted by atomic mass is 10.0. The molecule has 0 saturated heterocycles. The van der Waals surface area contributed by atoms with Crippen LogP contribution in [0.5, 0.6) is 0 Å². The molecule has 4 aromatic rings. The highest BCUT2D eigenvalue weighted by Crippen LogP contribution is 2.36. The monoisotopic (exact) mass is 414 g/mol. The maximum absolute atomic E-state index is 6.42. The van der Waals surface area contributed by atoms with E-state index in [1.54, 1.807) is 0 Å². The average molecular weight is 415 g/mol. The molecule has 4 rings (SSSR count). The average Bonchev–Trinajstić information content (AvgIpc) is 3.15. The van der Waals surface area contributed by atoms with Crippen LogP contribution in [0.2, 0.25) is 5.02 Å². The Morgan fingerprint density at radius 1 is 1.03 bits per heavy atom. The number of nitrogens with one attached hydrogen (secondary N) is 1. The number of hydrogen-bond acceptors (Lipinski definition) is 3. The van der Waals surface area contributed by atoms with Gasteiger partial charge in [-0.15, -0.1) is 0 Å². The minimum atomic E-state index is 0.630. The molecule has 30 heavy (non-hydrogen) atoms. The van der Waals surface area contributed by atoms with Gasteiger partial charge in [0, 0.05) is 21.4 Å². The molecule has 1 heterocycles. The van der Waals surface area contributed by atoms with Crippen LogP contribution < -0.4 is 5.43 Å². The molecule has 0 saturated carbocycles. The van der Waals surface area contributed by atoms with Crippen molar-refractivity contribution in [1.82, 2.24) is 0 Å². The number of furan rings is 1. The van der Waals surface area contributed by atoms with Crippen LogP contribution in [-0.4, -0.2) is 5.71 Å². The highest BCUT2D eigenvalue weighted by Gasteiger charge is 2.13. The smallest absolute Gasteiger partial charge is 0.160 e. The van der Waals surface area contributed by atoms with Gasteiger partial charge in [-0.2, -0.15) is 5.10 Å². The van der Waals surface area contributed by atoms with Gasteiger partial charge in [0.25, 0.3) is 0 Å². The number of anilines is 1. The van der Waals surface area contributed by atoms with Crippen LogP contribution >= 0.6 is 11.6 Å². The molecule has 0 aliphatic heterocycles. The summed E-state index contributed by atoms with van der Waals surface area (Å²) in [6.45, 7) is 4.14. The number of fused-ring (bicyclic) bond motifs is 3. The first-order chi connectivity index (χ1) is 14.7. The van der Waals surface area contributed by atoms with Crippen molar-refractivity contribution < 1.29 is 4.42 Å². The van der Waals surface area contributed by atoms with E-state index in [1.165, 1.54) is 0 Å². The molecule has 0 bridgehead atoms. The van der Waals surface area contributed by atoms with E-state index in [9.17, 15) is 0 Å². The van der Waals surface area contributed by atoms with E-state index in [4.69, 9.17) is 21.1 Å². The van der Waals surface area contributed by atoms with Gasteiger partial charge >= 0.3 is 0 Å². The van der Waals surface area contributed by atoms with Crippen molar-refractivity contribution in [2.45, 2.75) is 20.3 Å². The molecule has 0 atom stereocenters. The van der Waals surface area contributed by atoms with Gasteiger partial charge in [-0.25, -0.2) is 0 Å². The van der Waals surface area contributed by atoms with E-state index in [-0.39, 0.29) is 0 Å². The summed E-state index contributed by atoms with van der Waals surface area (Å²) >= 11 is 6.42. The van der Waals surface area contributed by atoms with Crippen LogP contribution in [-0.2, 0) is 0 Å². The molecular weight excluding hydrogens is 392 g/mol. The van der Waals surface area contributed by atoms with E-state index in [2.05, 4.69) is 42.7 Å². The summed E-state index contributed by atoms with van der Waals surface area (Å²) in [6, 6.07) is 21.9. The molecule has 1 N–H and O–H groups in total. The molecule has 0 aliphatic rings. The van der Waals surface area contributed by atoms with Crippen LogP contribution in [0, 0.1) is 0 Å². The Kier molecular flexibility index (Phi) is 6.01. The lowest BCUT2D eigenvalue weighted by molar-refractivity contribution is 0.670. The second-order valence-electron chi connectivity index (χ2n) is 6.92. The molecule has 3 nitrogen and oxygen atoms in total. The normalized spacial score (nSPS) is 12.9. The van der Waals surface area contributed by atoms with E-state index in [0.717, 1.165) is 50.9 Å². The molecule has 0 radical (unpaired) electrons. The van der Waals surface area contributed by atoms with E-state index in [1.807, 2.05) is 61.5 Å². The lowest BCUT2D eigenvalue weighted by Crippen LogP contribution is -2.07. The van der Waals surface area contributed by atoms with Crippen LogP contribution in [0.15, 0.2) is 100 Å². The number of para-hydroxylation sites is 1. The standard InChI is InChI=1S/C26H23ClN2O/c1-3-5-11-18(4-2)25(19-12-7-6-8-13-19)29-28-23-17-20(27)16-22-21-14-9-10-15-24(21)30-26(22)23/h4-17,28H,3H2,1-2H3/b11-5-,18-4+,29-25-. The highest BCUT2D eigenvalue weighted by molar-refractivity contribution is 6.32. The maximum Gasteiger partial charge on any atom is 0.160 e. The molecule has 0 fully saturated rings. The summed E-state index contributed by atoms with van der Waals surface area (Å²) in [5.41, 5.74) is 8.43. The number of nitrogens with zero attached hydrogens (tertiary/aromatic N) is 1. The number of hydrogen-bond donors (Lipinski definition) is 1. The van der Waals surface area contributed by atoms with Crippen molar-refractivity contribution in [1.29, 1.82) is 0 Å². The Morgan fingerprint density at radius 2 is 1.80 bits per heavy atom. The molecule has 0 spiro atoms. The first-order valence-corrected chi connectivity index (χ1v) is 10.4. The third-order valence-corrected chi connectivity index (χ3v) is 5.11. The zero-order chi connectivity index (χ0) is 20.9. The van der Waals surface area contributed by atoms with Gasteiger partial charge in [-0.1, -0.05) is 85.3 Å². The van der Waals surface area contributed by atoms with Crippen LogP contribution in [0.25, 0.3) is 21.9 Å². The first-order valence-electron chi connectivity index (χ1n) is 10.0. The fraction of sp³-hybridized carbons (Fsp3) is 0.115. The Balaban J connectivity index is 1.82. The fourth-order valence-corrected chi connectivity index (χ4v) is 3.66. The predicted molar refractivity (Wildman–Crippen MR) is 129 cm³/mol. The van der Waals surface area contributed by atoms with Crippen molar-refractivity contribution in [3.63, 3.8) is 0 Å². The SMILES string of the molecule is C/C=C(\C=C/CC)C(=N/Nc1cc(Cl)cc2c1oc1ccccc12)/c1ccccc1. The lowest BCUT2D eigenvalue weighted by Gasteiger charge is -2.10. The Morgan fingerprint density at radius 3 is 2.57 bits per heavy atom. The summed E-state index contributed by atoms with van der Waals surface area (Å²) in [7, 11) is 0. The minimum Gasteiger partial charge on any atom is -0.454 e. The summed E-state index contributed by atoms with van der Waals surface area (Å²) in [4.78, 5) is 0. The van der Waals surface area contributed by atoms with Crippen molar-refractivity contribution in [3.8, 4) is 0 Å². The van der Waals surface area contributed by atoms with Crippen LogP contribution in [0.4, 0.5) is 5.69 Å². The topological polar surface area (TPSA) is 37.5 Å². The Labute approximate surface area is 181 Å². The number of hydrazone groups is 1. The minimum absolute atomic E-state index is 0.630. The Hall–Kier alpha value is -3.30. The molecule has 4 heteroatoms. The molecule has 0 amide bonds. The van der Waals surface area contributed by atoms with E-state index in [0.29, 0.717) is 5.02 Å². The summed E-state index contributed by atoms with van der Waals surface area (Å²) in [5.74, 6) is 0. The van der Waals surface area contributed by atoms with Gasteiger partial charge in [0.2, 0.25) is 0 Å². The van der Waals surface area contributed by atoms with Gasteiger partial charge in [0.05, 0.1) is 5.71 Å². The number of benzene rings is 3. The molecule has 150 valence electrons. The Bertz CT molecular complexity index is 1270. The third kappa shape index (κ3) is 4.03. The van der Waals surface area contributed by atoms with Gasteiger partial charge in [0.1, 0.15) is 11.3 Å². The van der Waals surface area contributed by atoms with E-state index < -0.39 is 0 Å². The largest absolute Gasteiger partial charge is 0.454 e. The van der Waals surface area contributed by atoms with Crippen molar-refractivity contribution >= 4 is 44.9 Å². The predicted octanol–water partition coefficient (Wildman–Crippen LogP) is 7.97. The van der Waals surface area contributed by atoms with Crippen LogP contribution in [0.3, 0.4) is 0 Å². The zero-order valence-electron chi connectivity index (χ0n) is 17.0. The maximum atomic E-state index is 6.42. The molecular formula is C26H23ClN2O. The second kappa shape index (κ2) is 9.02. The fourth-order valence-electron chi connectivity index (χ4n) is 3.44. The molecule has 3 aromatic carbocycles.